The van der Waals surface area contributed by atoms with Crippen molar-refractivity contribution in [1.82, 2.24) is 20.0 Å². The van der Waals surface area contributed by atoms with E-state index < -0.39 is 0 Å². The first-order chi connectivity index (χ1) is 8.95. The van der Waals surface area contributed by atoms with Gasteiger partial charge in [-0.25, -0.2) is 0 Å². The Hall–Kier alpha value is -1.40. The third-order valence-corrected chi connectivity index (χ3v) is 3.83. The summed E-state index contributed by atoms with van der Waals surface area (Å²) in [7, 11) is 1.73. The first kappa shape index (κ1) is 14.0. The molecule has 0 radical (unpaired) electrons. The molecule has 1 aliphatic rings. The van der Waals surface area contributed by atoms with Gasteiger partial charge in [-0.05, 0) is 13.3 Å². The molecule has 2 heterocycles. The number of hydrogen-bond acceptors (Lipinski definition) is 4. The number of aromatic nitrogens is 2. The van der Waals surface area contributed by atoms with E-state index in [-0.39, 0.29) is 30.9 Å². The fourth-order valence-corrected chi connectivity index (χ4v) is 2.44. The van der Waals surface area contributed by atoms with Crippen LogP contribution >= 0.6 is 11.6 Å². The van der Waals surface area contributed by atoms with E-state index in [1.807, 2.05) is 13.8 Å². The Morgan fingerprint density at radius 3 is 2.68 bits per heavy atom. The largest absolute Gasteiger partial charge is 0.297 e. The highest BCUT2D eigenvalue weighted by Gasteiger charge is 2.33. The van der Waals surface area contributed by atoms with Crippen molar-refractivity contribution in [1.29, 1.82) is 0 Å². The van der Waals surface area contributed by atoms with E-state index in [1.54, 1.807) is 11.7 Å². The first-order valence-electron chi connectivity index (χ1n) is 6.21. The fourth-order valence-electron chi connectivity index (χ4n) is 2.20. The molecule has 1 aromatic rings. The maximum Gasteiger partial charge on any atom is 0.246 e. The van der Waals surface area contributed by atoms with Gasteiger partial charge in [0, 0.05) is 12.6 Å². The maximum absolute atomic E-state index is 12.2. The van der Waals surface area contributed by atoms with E-state index in [1.165, 1.54) is 4.90 Å². The van der Waals surface area contributed by atoms with Crippen LogP contribution in [-0.2, 0) is 23.2 Å². The molecule has 1 saturated heterocycles. The lowest BCUT2D eigenvalue weighted by Gasteiger charge is -2.31. The molecule has 0 aromatic carbocycles. The van der Waals surface area contributed by atoms with Gasteiger partial charge in [-0.3, -0.25) is 24.5 Å². The molecule has 2 rings (SSSR count). The first-order valence-corrected chi connectivity index (χ1v) is 6.59. The van der Waals surface area contributed by atoms with E-state index in [0.717, 1.165) is 11.3 Å². The third-order valence-electron chi connectivity index (χ3n) is 3.36. The van der Waals surface area contributed by atoms with Crippen molar-refractivity contribution in [3.8, 4) is 0 Å². The summed E-state index contributed by atoms with van der Waals surface area (Å²) >= 11 is 6.13. The van der Waals surface area contributed by atoms with Crippen LogP contribution in [0.4, 0.5) is 0 Å². The second-order valence-electron chi connectivity index (χ2n) is 4.64. The molecule has 19 heavy (non-hydrogen) atoms. The molecule has 0 spiro atoms. The number of aryl methyl sites for hydroxylation is 2. The summed E-state index contributed by atoms with van der Waals surface area (Å²) in [4.78, 5) is 25.3. The van der Waals surface area contributed by atoms with E-state index in [2.05, 4.69) is 10.4 Å². The standard InChI is InChI=1S/C12H17ClN4O2/c1-4-9-12(19)17(10(18)5-14-9)6-8-7(2)15-16(3)11(8)13/h9,14H,4-6H2,1-3H3. The second kappa shape index (κ2) is 5.30. The van der Waals surface area contributed by atoms with Gasteiger partial charge < -0.3 is 0 Å². The predicted octanol–water partition coefficient (Wildman–Crippen LogP) is 0.619. The molecule has 0 aliphatic carbocycles. The van der Waals surface area contributed by atoms with Crippen molar-refractivity contribution in [2.45, 2.75) is 32.9 Å². The molecular formula is C12H17ClN4O2. The topological polar surface area (TPSA) is 67.2 Å². The molecule has 1 aromatic heterocycles. The zero-order valence-electron chi connectivity index (χ0n) is 11.2. The van der Waals surface area contributed by atoms with Gasteiger partial charge in [-0.2, -0.15) is 5.10 Å². The van der Waals surface area contributed by atoms with Gasteiger partial charge in [0.25, 0.3) is 0 Å². The summed E-state index contributed by atoms with van der Waals surface area (Å²) < 4.78 is 1.54. The molecule has 104 valence electrons. The van der Waals surface area contributed by atoms with Crippen LogP contribution in [0, 0.1) is 6.92 Å². The van der Waals surface area contributed by atoms with E-state index >= 15 is 0 Å². The van der Waals surface area contributed by atoms with Gasteiger partial charge in [0.05, 0.1) is 24.8 Å². The summed E-state index contributed by atoms with van der Waals surface area (Å²) in [5.41, 5.74) is 1.46. The number of carbonyl (C=O) groups is 2. The highest BCUT2D eigenvalue weighted by atomic mass is 35.5. The van der Waals surface area contributed by atoms with Crippen molar-refractivity contribution < 1.29 is 9.59 Å². The summed E-state index contributed by atoms with van der Waals surface area (Å²) in [5, 5.41) is 7.57. The number of piperazine rings is 1. The number of halogens is 1. The molecule has 6 nitrogen and oxygen atoms in total. The average Bonchev–Trinajstić information content (AvgIpc) is 2.60. The number of amides is 2. The summed E-state index contributed by atoms with van der Waals surface area (Å²) in [6.07, 6.45) is 0.655. The minimum Gasteiger partial charge on any atom is -0.297 e. The number of rotatable bonds is 3. The summed E-state index contributed by atoms with van der Waals surface area (Å²) in [6, 6.07) is -0.298. The van der Waals surface area contributed by atoms with Crippen LogP contribution in [0.1, 0.15) is 24.6 Å². The van der Waals surface area contributed by atoms with Crippen LogP contribution in [0.2, 0.25) is 5.15 Å². The van der Waals surface area contributed by atoms with E-state index in [0.29, 0.717) is 11.6 Å². The summed E-state index contributed by atoms with van der Waals surface area (Å²) in [5.74, 6) is -0.424. The highest BCUT2D eigenvalue weighted by Crippen LogP contribution is 2.22. The molecule has 0 bridgehead atoms. The Morgan fingerprint density at radius 2 is 2.16 bits per heavy atom. The molecule has 1 unspecified atom stereocenters. The van der Waals surface area contributed by atoms with E-state index in [4.69, 9.17) is 11.6 Å². The number of imide groups is 1. The molecule has 1 N–H and O–H groups in total. The quantitative estimate of drug-likeness (QED) is 0.826. The minimum absolute atomic E-state index is 0.182. The van der Waals surface area contributed by atoms with Crippen LogP contribution in [0.5, 0.6) is 0 Å². The van der Waals surface area contributed by atoms with Crippen molar-refractivity contribution >= 4 is 23.4 Å². The lowest BCUT2D eigenvalue weighted by Crippen LogP contribution is -2.57. The van der Waals surface area contributed by atoms with E-state index in [9.17, 15) is 9.59 Å². The number of hydrogen-bond donors (Lipinski definition) is 1. The van der Waals surface area contributed by atoms with Crippen LogP contribution in [-0.4, -0.2) is 39.1 Å². The lowest BCUT2D eigenvalue weighted by atomic mass is 10.1. The van der Waals surface area contributed by atoms with Crippen LogP contribution in [0.15, 0.2) is 0 Å². The molecule has 2 amide bonds. The number of nitrogens with zero attached hydrogens (tertiary/aromatic N) is 3. The van der Waals surface area contributed by atoms with Crippen molar-refractivity contribution in [2.75, 3.05) is 6.54 Å². The second-order valence-corrected chi connectivity index (χ2v) is 5.00. The Kier molecular flexibility index (Phi) is 3.91. The molecule has 1 fully saturated rings. The predicted molar refractivity (Wildman–Crippen MR) is 70.6 cm³/mol. The van der Waals surface area contributed by atoms with Crippen molar-refractivity contribution in [3.05, 3.63) is 16.4 Å². The molecular weight excluding hydrogens is 268 g/mol. The zero-order chi connectivity index (χ0) is 14.2. The normalized spacial score (nSPS) is 20.2. The van der Waals surface area contributed by atoms with Gasteiger partial charge in [-0.15, -0.1) is 0 Å². The van der Waals surface area contributed by atoms with Gasteiger partial charge in [-0.1, -0.05) is 18.5 Å². The SMILES string of the molecule is CCC1NCC(=O)N(Cc2c(C)nn(C)c2Cl)C1=O. The number of nitrogens with one attached hydrogen (secondary N) is 1. The molecule has 1 atom stereocenters. The smallest absolute Gasteiger partial charge is 0.246 e. The molecule has 1 aliphatic heterocycles. The van der Waals surface area contributed by atoms with Gasteiger partial charge >= 0.3 is 0 Å². The summed E-state index contributed by atoms with van der Waals surface area (Å²) in [6.45, 7) is 4.09. The highest BCUT2D eigenvalue weighted by molar-refractivity contribution is 6.30. The van der Waals surface area contributed by atoms with Crippen LogP contribution in [0.3, 0.4) is 0 Å². The van der Waals surface area contributed by atoms with Crippen LogP contribution in [0.25, 0.3) is 0 Å². The maximum atomic E-state index is 12.2. The van der Waals surface area contributed by atoms with Gasteiger partial charge in [0.2, 0.25) is 11.8 Å². The van der Waals surface area contributed by atoms with Crippen LogP contribution < -0.4 is 5.32 Å². The molecule has 0 saturated carbocycles. The monoisotopic (exact) mass is 284 g/mol. The fraction of sp³-hybridized carbons (Fsp3) is 0.583. The Morgan fingerprint density at radius 1 is 1.47 bits per heavy atom. The minimum atomic E-state index is -0.298. The van der Waals surface area contributed by atoms with Crippen molar-refractivity contribution in [2.24, 2.45) is 7.05 Å². The molecule has 7 heteroatoms. The Labute approximate surface area is 116 Å². The average molecular weight is 285 g/mol. The van der Waals surface area contributed by atoms with Gasteiger partial charge in [0.1, 0.15) is 5.15 Å². The Balaban J connectivity index is 2.25. The van der Waals surface area contributed by atoms with Gasteiger partial charge in [0.15, 0.2) is 0 Å². The Bertz CT molecular complexity index is 526. The number of carbonyl (C=O) groups excluding carboxylic acids is 2. The zero-order valence-corrected chi connectivity index (χ0v) is 12.0. The lowest BCUT2D eigenvalue weighted by molar-refractivity contribution is -0.150. The third kappa shape index (κ3) is 2.50. The van der Waals surface area contributed by atoms with Crippen molar-refractivity contribution in [3.63, 3.8) is 0 Å².